The zero-order valence-corrected chi connectivity index (χ0v) is 13.6. The summed E-state index contributed by atoms with van der Waals surface area (Å²) in [5.74, 6) is 1.00. The maximum Gasteiger partial charge on any atom is 0.161 e. The number of hydrogen-bond acceptors (Lipinski definition) is 3. The zero-order chi connectivity index (χ0) is 15.7. The summed E-state index contributed by atoms with van der Waals surface area (Å²) in [5.41, 5.74) is 5.15. The minimum Gasteiger partial charge on any atom is -0.367 e. The topological polar surface area (TPSA) is 42.2 Å². The summed E-state index contributed by atoms with van der Waals surface area (Å²) in [4.78, 5) is 4.68. The molecule has 0 unspecified atom stereocenters. The van der Waals surface area contributed by atoms with E-state index in [0.29, 0.717) is 6.04 Å². The highest BCUT2D eigenvalue weighted by Gasteiger charge is 2.15. The summed E-state index contributed by atoms with van der Waals surface area (Å²) in [6.07, 6.45) is 1.06. The summed E-state index contributed by atoms with van der Waals surface area (Å²) in [6.45, 7) is 8.46. The molecule has 0 saturated heterocycles. The van der Waals surface area contributed by atoms with Crippen LogP contribution in [0.1, 0.15) is 31.5 Å². The van der Waals surface area contributed by atoms with E-state index in [-0.39, 0.29) is 0 Å². The Kier molecular flexibility index (Phi) is 3.84. The quantitative estimate of drug-likeness (QED) is 0.783. The normalized spacial score (nSPS) is 12.5. The van der Waals surface area contributed by atoms with Crippen LogP contribution in [0.2, 0.25) is 0 Å². The Hall–Kier alpha value is -2.36. The summed E-state index contributed by atoms with van der Waals surface area (Å²) in [5, 5.41) is 8.33. The fraction of sp³-hybridized carbons (Fsp3) is 0.333. The van der Waals surface area contributed by atoms with Gasteiger partial charge in [0.15, 0.2) is 5.65 Å². The van der Waals surface area contributed by atoms with E-state index in [1.807, 2.05) is 29.6 Å². The predicted octanol–water partition coefficient (Wildman–Crippen LogP) is 4.22. The molecule has 0 aliphatic carbocycles. The molecule has 2 aromatic heterocycles. The van der Waals surface area contributed by atoms with Gasteiger partial charge in [0.1, 0.15) is 5.82 Å². The number of nitrogens with one attached hydrogen (secondary N) is 1. The first-order valence-corrected chi connectivity index (χ1v) is 7.79. The van der Waals surface area contributed by atoms with Crippen molar-refractivity contribution in [2.45, 2.75) is 40.2 Å². The van der Waals surface area contributed by atoms with E-state index >= 15 is 0 Å². The molecule has 0 aliphatic rings. The molecule has 1 aromatic carbocycles. The van der Waals surface area contributed by atoms with Crippen molar-refractivity contribution >= 4 is 11.5 Å². The van der Waals surface area contributed by atoms with Gasteiger partial charge in [0.2, 0.25) is 0 Å². The number of fused-ring (bicyclic) bond motifs is 1. The van der Waals surface area contributed by atoms with Crippen molar-refractivity contribution in [2.24, 2.45) is 0 Å². The molecule has 0 spiro atoms. The monoisotopic (exact) mass is 294 g/mol. The van der Waals surface area contributed by atoms with E-state index in [4.69, 9.17) is 5.10 Å². The molecule has 22 heavy (non-hydrogen) atoms. The molecule has 4 heteroatoms. The third-order valence-corrected chi connectivity index (χ3v) is 4.00. The van der Waals surface area contributed by atoms with Gasteiger partial charge in [0.05, 0.1) is 5.69 Å². The van der Waals surface area contributed by atoms with Crippen LogP contribution in [-0.4, -0.2) is 20.6 Å². The fourth-order valence-corrected chi connectivity index (χ4v) is 2.57. The van der Waals surface area contributed by atoms with Crippen molar-refractivity contribution in [2.75, 3.05) is 5.32 Å². The van der Waals surface area contributed by atoms with E-state index in [9.17, 15) is 0 Å². The summed E-state index contributed by atoms with van der Waals surface area (Å²) in [7, 11) is 0. The first-order chi connectivity index (χ1) is 10.6. The lowest BCUT2D eigenvalue weighted by Gasteiger charge is -2.14. The number of aryl methyl sites for hydroxylation is 2. The molecule has 2 heterocycles. The van der Waals surface area contributed by atoms with Crippen LogP contribution in [0.4, 0.5) is 5.82 Å². The van der Waals surface area contributed by atoms with Gasteiger partial charge in [0.25, 0.3) is 0 Å². The van der Waals surface area contributed by atoms with Crippen molar-refractivity contribution in [3.63, 3.8) is 0 Å². The van der Waals surface area contributed by atoms with Crippen molar-refractivity contribution in [3.8, 4) is 11.3 Å². The van der Waals surface area contributed by atoms with Gasteiger partial charge in [-0.1, -0.05) is 37.3 Å². The Morgan fingerprint density at radius 3 is 2.59 bits per heavy atom. The summed E-state index contributed by atoms with van der Waals surface area (Å²) in [6, 6.07) is 12.7. The maximum absolute atomic E-state index is 4.80. The van der Waals surface area contributed by atoms with Crippen LogP contribution in [0.15, 0.2) is 36.4 Å². The average Bonchev–Trinajstić information content (AvgIpc) is 2.85. The Morgan fingerprint density at radius 1 is 1.18 bits per heavy atom. The van der Waals surface area contributed by atoms with Crippen LogP contribution in [0.5, 0.6) is 0 Å². The Bertz CT molecular complexity index is 790. The molecule has 3 aromatic rings. The van der Waals surface area contributed by atoms with Crippen LogP contribution in [0.3, 0.4) is 0 Å². The number of benzene rings is 1. The molecular weight excluding hydrogens is 272 g/mol. The van der Waals surface area contributed by atoms with Crippen molar-refractivity contribution < 1.29 is 0 Å². The van der Waals surface area contributed by atoms with Crippen molar-refractivity contribution in [1.29, 1.82) is 0 Å². The number of nitrogens with zero attached hydrogens (tertiary/aromatic N) is 3. The van der Waals surface area contributed by atoms with E-state index in [0.717, 1.165) is 40.4 Å². The van der Waals surface area contributed by atoms with E-state index < -0.39 is 0 Å². The molecule has 1 atom stereocenters. The highest BCUT2D eigenvalue weighted by Crippen LogP contribution is 2.26. The molecule has 0 amide bonds. The van der Waals surface area contributed by atoms with Crippen LogP contribution in [-0.2, 0) is 0 Å². The maximum atomic E-state index is 4.80. The number of anilines is 1. The van der Waals surface area contributed by atoms with Gasteiger partial charge in [-0.15, -0.1) is 0 Å². The van der Waals surface area contributed by atoms with Crippen molar-refractivity contribution in [1.82, 2.24) is 14.6 Å². The second-order valence-corrected chi connectivity index (χ2v) is 5.81. The van der Waals surface area contributed by atoms with Gasteiger partial charge < -0.3 is 5.32 Å². The van der Waals surface area contributed by atoms with Crippen LogP contribution in [0, 0.1) is 13.8 Å². The molecule has 4 nitrogen and oxygen atoms in total. The van der Waals surface area contributed by atoms with Gasteiger partial charge >= 0.3 is 0 Å². The second kappa shape index (κ2) is 5.79. The van der Waals surface area contributed by atoms with Gasteiger partial charge in [-0.2, -0.15) is 9.61 Å². The third-order valence-electron chi connectivity index (χ3n) is 4.00. The predicted molar refractivity (Wildman–Crippen MR) is 91.3 cm³/mol. The molecule has 0 saturated carbocycles. The summed E-state index contributed by atoms with van der Waals surface area (Å²) >= 11 is 0. The smallest absolute Gasteiger partial charge is 0.161 e. The minimum atomic E-state index is 0.398. The standard InChI is InChI=1S/C18H22N4/c1-5-12(2)19-16-11-13(3)20-18-14(4)17(21-22(16)18)15-9-7-6-8-10-15/h6-12,19H,5H2,1-4H3/t12-/m1/s1. The Balaban J connectivity index is 2.18. The molecule has 114 valence electrons. The number of rotatable bonds is 4. The van der Waals surface area contributed by atoms with Gasteiger partial charge in [-0.3, -0.25) is 0 Å². The lowest BCUT2D eigenvalue weighted by molar-refractivity contribution is 0.748. The zero-order valence-electron chi connectivity index (χ0n) is 13.6. The molecule has 0 fully saturated rings. The van der Waals surface area contributed by atoms with Gasteiger partial charge in [-0.05, 0) is 27.2 Å². The Morgan fingerprint density at radius 2 is 1.91 bits per heavy atom. The van der Waals surface area contributed by atoms with E-state index in [1.165, 1.54) is 0 Å². The van der Waals surface area contributed by atoms with Crippen LogP contribution < -0.4 is 5.32 Å². The molecule has 3 rings (SSSR count). The summed E-state index contributed by atoms with van der Waals surface area (Å²) < 4.78 is 1.93. The minimum absolute atomic E-state index is 0.398. The number of aromatic nitrogens is 3. The number of hydrogen-bond donors (Lipinski definition) is 1. The highest BCUT2D eigenvalue weighted by atomic mass is 15.3. The molecule has 0 bridgehead atoms. The van der Waals surface area contributed by atoms with Crippen LogP contribution >= 0.6 is 0 Å². The lowest BCUT2D eigenvalue weighted by Crippen LogP contribution is -2.16. The van der Waals surface area contributed by atoms with Gasteiger partial charge in [-0.25, -0.2) is 4.98 Å². The lowest BCUT2D eigenvalue weighted by atomic mass is 10.1. The molecule has 0 radical (unpaired) electrons. The molecule has 1 N–H and O–H groups in total. The van der Waals surface area contributed by atoms with Gasteiger partial charge in [0, 0.05) is 28.9 Å². The molecule has 0 aliphatic heterocycles. The van der Waals surface area contributed by atoms with Crippen molar-refractivity contribution in [3.05, 3.63) is 47.7 Å². The average molecular weight is 294 g/mol. The second-order valence-electron chi connectivity index (χ2n) is 5.81. The highest BCUT2D eigenvalue weighted by molar-refractivity contribution is 5.71. The van der Waals surface area contributed by atoms with E-state index in [1.54, 1.807) is 0 Å². The third kappa shape index (κ3) is 2.56. The first-order valence-electron chi connectivity index (χ1n) is 7.79. The Labute approximate surface area is 131 Å². The molecular formula is C18H22N4. The fourth-order valence-electron chi connectivity index (χ4n) is 2.57. The van der Waals surface area contributed by atoms with Crippen LogP contribution in [0.25, 0.3) is 16.9 Å². The SMILES string of the molecule is CC[C@@H](C)Nc1cc(C)nc2c(C)c(-c3ccccc3)nn12. The largest absolute Gasteiger partial charge is 0.367 e. The van der Waals surface area contributed by atoms with E-state index in [2.05, 4.69) is 49.3 Å². The first kappa shape index (κ1) is 14.6.